The van der Waals surface area contributed by atoms with Crippen LogP contribution in [0.5, 0.6) is 0 Å². The van der Waals surface area contributed by atoms with Crippen LogP contribution < -0.4 is 4.65 Å². The van der Waals surface area contributed by atoms with Gasteiger partial charge in [0.25, 0.3) is 0 Å². The minimum atomic E-state index is -1.42. The SMILES string of the molecule is C[Si](C)(C)N[Si](C)(C)C.O=[Si]=O. The molecule has 12 heavy (non-hydrogen) atoms. The molecule has 0 saturated heterocycles. The lowest BCUT2D eigenvalue weighted by molar-refractivity contribution is 0.497. The maximum Gasteiger partial charge on any atom is 0.549 e. The van der Waals surface area contributed by atoms with E-state index in [1.54, 1.807) is 0 Å². The van der Waals surface area contributed by atoms with Crippen LogP contribution in [0.2, 0.25) is 39.3 Å². The third kappa shape index (κ3) is 22.5. The molecule has 0 aliphatic rings. The number of hydrogen-bond donors (Lipinski definition) is 1. The zero-order valence-corrected chi connectivity index (χ0v) is 11.8. The van der Waals surface area contributed by atoms with Gasteiger partial charge in [0.2, 0.25) is 0 Å². The highest BCUT2D eigenvalue weighted by atomic mass is 28.4. The molecule has 1 N–H and O–H groups in total. The molecule has 0 radical (unpaired) electrons. The molecule has 0 atom stereocenters. The Bertz CT molecular complexity index is 141. The van der Waals surface area contributed by atoms with Crippen LogP contribution in [0.3, 0.4) is 0 Å². The van der Waals surface area contributed by atoms with E-state index in [9.17, 15) is 0 Å². The van der Waals surface area contributed by atoms with Crippen molar-refractivity contribution in [1.82, 2.24) is 4.65 Å². The zero-order chi connectivity index (χ0) is 10.4. The fourth-order valence-electron chi connectivity index (χ4n) is 1.12. The van der Waals surface area contributed by atoms with Gasteiger partial charge < -0.3 is 4.65 Å². The van der Waals surface area contributed by atoms with Gasteiger partial charge in [-0.3, -0.25) is 8.92 Å². The number of rotatable bonds is 2. The van der Waals surface area contributed by atoms with E-state index >= 15 is 0 Å². The van der Waals surface area contributed by atoms with Crippen LogP contribution >= 0.6 is 0 Å². The Hall–Kier alpha value is 0.211. The summed E-state index contributed by atoms with van der Waals surface area (Å²) < 4.78 is 20.5. The van der Waals surface area contributed by atoms with Crippen molar-refractivity contribution in [1.29, 1.82) is 0 Å². The zero-order valence-electron chi connectivity index (χ0n) is 8.82. The maximum atomic E-state index is 8.40. The predicted octanol–water partition coefficient (Wildman–Crippen LogP) is 1.63. The summed E-state index contributed by atoms with van der Waals surface area (Å²) in [4.78, 5) is 0. The van der Waals surface area contributed by atoms with Gasteiger partial charge in [-0.1, -0.05) is 39.3 Å². The highest BCUT2D eigenvalue weighted by Crippen LogP contribution is 2.02. The minimum absolute atomic E-state index is 0.981. The Labute approximate surface area is 79.1 Å². The largest absolute Gasteiger partial charge is 0.549 e. The first-order valence-corrected chi connectivity index (χ1v) is 11.7. The van der Waals surface area contributed by atoms with Crippen molar-refractivity contribution >= 4 is 25.8 Å². The van der Waals surface area contributed by atoms with E-state index in [1.165, 1.54) is 0 Å². The third-order valence-electron chi connectivity index (χ3n) is 0.750. The Kier molecular flexibility index (Phi) is 7.10. The van der Waals surface area contributed by atoms with Crippen LogP contribution in [0.15, 0.2) is 0 Å². The van der Waals surface area contributed by atoms with E-state index in [0.717, 1.165) is 0 Å². The molecule has 0 rings (SSSR count). The van der Waals surface area contributed by atoms with Crippen LogP contribution in [0, 0.1) is 0 Å². The van der Waals surface area contributed by atoms with Gasteiger partial charge >= 0.3 is 9.29 Å². The predicted molar refractivity (Wildman–Crippen MR) is 57.0 cm³/mol. The molecular weight excluding hydrogens is 202 g/mol. The summed E-state index contributed by atoms with van der Waals surface area (Å²) in [5, 5.41) is 0. The van der Waals surface area contributed by atoms with E-state index in [1.807, 2.05) is 0 Å². The van der Waals surface area contributed by atoms with Gasteiger partial charge in [0, 0.05) is 0 Å². The first kappa shape index (κ1) is 14.7. The van der Waals surface area contributed by atoms with Crippen LogP contribution in [-0.4, -0.2) is 25.8 Å². The molecule has 0 aromatic rings. The number of nitrogens with one attached hydrogen (secondary N) is 1. The van der Waals surface area contributed by atoms with Crippen molar-refractivity contribution in [3.63, 3.8) is 0 Å². The Balaban J connectivity index is 0. The molecule has 3 nitrogen and oxygen atoms in total. The fraction of sp³-hybridized carbons (Fsp3) is 1.00. The van der Waals surface area contributed by atoms with E-state index in [2.05, 4.69) is 43.9 Å². The number of hydrogen-bond acceptors (Lipinski definition) is 3. The molecule has 0 saturated carbocycles. The maximum absolute atomic E-state index is 8.40. The van der Waals surface area contributed by atoms with Gasteiger partial charge in [0.1, 0.15) is 16.5 Å². The summed E-state index contributed by atoms with van der Waals surface area (Å²) in [5.74, 6) is 0. The van der Waals surface area contributed by atoms with Crippen molar-refractivity contribution < 1.29 is 8.92 Å². The molecule has 0 bridgehead atoms. The topological polar surface area (TPSA) is 46.2 Å². The summed E-state index contributed by atoms with van der Waals surface area (Å²) in [6.07, 6.45) is 0. The summed E-state index contributed by atoms with van der Waals surface area (Å²) in [6.45, 7) is 14.1. The fourth-order valence-corrected chi connectivity index (χ4v) is 10.1. The summed E-state index contributed by atoms with van der Waals surface area (Å²) in [5.41, 5.74) is 0. The van der Waals surface area contributed by atoms with Crippen molar-refractivity contribution in [3.8, 4) is 0 Å². The normalized spacial score (nSPS) is 11.2. The second-order valence-electron chi connectivity index (χ2n) is 4.71. The first-order chi connectivity index (χ1) is 5.12. The molecule has 0 fully saturated rings. The smallest absolute Gasteiger partial charge is 0.360 e. The summed E-state index contributed by atoms with van der Waals surface area (Å²) >= 11 is 0. The molecular formula is C6H19NO2Si3. The Morgan fingerprint density at radius 3 is 1.00 bits per heavy atom. The highest BCUT2D eigenvalue weighted by Gasteiger charge is 2.22. The molecule has 0 unspecified atom stereocenters. The van der Waals surface area contributed by atoms with Gasteiger partial charge in [-0.25, -0.2) is 0 Å². The van der Waals surface area contributed by atoms with Gasteiger partial charge in [0.15, 0.2) is 0 Å². The van der Waals surface area contributed by atoms with Crippen LogP contribution in [0.25, 0.3) is 0 Å². The molecule has 0 spiro atoms. The quantitative estimate of drug-likeness (QED) is 0.721. The Morgan fingerprint density at radius 1 is 0.833 bits per heavy atom. The molecule has 0 aromatic heterocycles. The van der Waals surface area contributed by atoms with E-state index in [4.69, 9.17) is 8.92 Å². The first-order valence-electron chi connectivity index (χ1n) is 3.91. The second kappa shape index (κ2) is 5.79. The van der Waals surface area contributed by atoms with Crippen LogP contribution in [0.4, 0.5) is 0 Å². The minimum Gasteiger partial charge on any atom is -0.360 e. The van der Waals surface area contributed by atoms with Crippen molar-refractivity contribution in [2.24, 2.45) is 0 Å². The monoisotopic (exact) mass is 221 g/mol. The van der Waals surface area contributed by atoms with Gasteiger partial charge in [-0.2, -0.15) is 0 Å². The second-order valence-corrected chi connectivity index (χ2v) is 14.9. The van der Waals surface area contributed by atoms with Gasteiger partial charge in [-0.15, -0.1) is 0 Å². The van der Waals surface area contributed by atoms with Crippen molar-refractivity contribution in [2.75, 3.05) is 0 Å². The highest BCUT2D eigenvalue weighted by molar-refractivity contribution is 6.90. The van der Waals surface area contributed by atoms with E-state index in [0.29, 0.717) is 0 Å². The summed E-state index contributed by atoms with van der Waals surface area (Å²) in [7, 11) is -3.38. The van der Waals surface area contributed by atoms with Gasteiger partial charge in [-0.05, 0) is 0 Å². The van der Waals surface area contributed by atoms with Crippen LogP contribution in [-0.2, 0) is 8.92 Å². The molecule has 0 heterocycles. The van der Waals surface area contributed by atoms with E-state index in [-0.39, 0.29) is 0 Å². The van der Waals surface area contributed by atoms with Crippen molar-refractivity contribution in [2.45, 2.75) is 39.3 Å². The average Bonchev–Trinajstić information content (AvgIpc) is 1.53. The lowest BCUT2D eigenvalue weighted by Crippen LogP contribution is -2.55. The molecule has 0 aliphatic heterocycles. The van der Waals surface area contributed by atoms with Gasteiger partial charge in [0.05, 0.1) is 0 Å². The summed E-state index contributed by atoms with van der Waals surface area (Å²) in [6, 6.07) is 0. The molecule has 72 valence electrons. The molecule has 0 aliphatic carbocycles. The van der Waals surface area contributed by atoms with Crippen LogP contribution in [0.1, 0.15) is 0 Å². The molecule has 6 heteroatoms. The van der Waals surface area contributed by atoms with Crippen molar-refractivity contribution in [3.05, 3.63) is 0 Å². The molecule has 0 aromatic carbocycles. The Morgan fingerprint density at radius 2 is 1.00 bits per heavy atom. The third-order valence-corrected chi connectivity index (χ3v) is 6.75. The lowest BCUT2D eigenvalue weighted by atomic mass is 11.8. The lowest BCUT2D eigenvalue weighted by Gasteiger charge is -2.28. The van der Waals surface area contributed by atoms with E-state index < -0.39 is 25.8 Å². The average molecular weight is 221 g/mol. The molecule has 0 amide bonds. The standard InChI is InChI=1S/C6H19NSi2.O2Si/c1-8(2,3)7-9(4,5)6;1-3-2/h7H,1-6H3;.